The van der Waals surface area contributed by atoms with Crippen LogP contribution < -0.4 is 4.90 Å². The minimum atomic E-state index is 0.237. The molecule has 1 saturated heterocycles. The molecule has 2 heteroatoms. The lowest BCUT2D eigenvalue weighted by Crippen LogP contribution is -2.46. The van der Waals surface area contributed by atoms with E-state index in [2.05, 4.69) is 36.1 Å². The van der Waals surface area contributed by atoms with Crippen molar-refractivity contribution in [3.05, 3.63) is 29.8 Å². The second-order valence-electron chi connectivity index (χ2n) is 4.32. The standard InChI is InChI=1S/C13H19NO/c1-2-11-9-14(10-11)13-5-3-12(4-6-13)7-8-15/h3-6,11,15H,2,7-10H2,1H3. The van der Waals surface area contributed by atoms with Crippen molar-refractivity contribution in [2.45, 2.75) is 19.8 Å². The summed E-state index contributed by atoms with van der Waals surface area (Å²) in [5, 5.41) is 8.81. The highest BCUT2D eigenvalue weighted by molar-refractivity contribution is 5.49. The SMILES string of the molecule is CCC1CN(c2ccc(CCO)cc2)C1. The summed E-state index contributed by atoms with van der Waals surface area (Å²) in [6.07, 6.45) is 2.05. The molecule has 2 rings (SSSR count). The Kier molecular flexibility index (Phi) is 3.27. The normalized spacial score (nSPS) is 16.5. The number of hydrogen-bond acceptors (Lipinski definition) is 2. The van der Waals surface area contributed by atoms with E-state index in [-0.39, 0.29) is 6.61 Å². The number of rotatable bonds is 4. The fourth-order valence-corrected chi connectivity index (χ4v) is 2.04. The predicted molar refractivity (Wildman–Crippen MR) is 63.2 cm³/mol. The molecule has 1 fully saturated rings. The highest BCUT2D eigenvalue weighted by Gasteiger charge is 2.24. The summed E-state index contributed by atoms with van der Waals surface area (Å²) < 4.78 is 0. The van der Waals surface area contributed by atoms with Crippen molar-refractivity contribution in [1.29, 1.82) is 0 Å². The predicted octanol–water partition coefficient (Wildman–Crippen LogP) is 2.07. The Morgan fingerprint density at radius 2 is 1.93 bits per heavy atom. The first-order valence-corrected chi connectivity index (χ1v) is 5.78. The molecule has 2 nitrogen and oxygen atoms in total. The minimum Gasteiger partial charge on any atom is -0.396 e. The Balaban J connectivity index is 1.93. The van der Waals surface area contributed by atoms with E-state index in [9.17, 15) is 0 Å². The van der Waals surface area contributed by atoms with Crippen molar-refractivity contribution >= 4 is 5.69 Å². The van der Waals surface area contributed by atoms with Crippen LogP contribution in [0.2, 0.25) is 0 Å². The molecule has 0 aliphatic carbocycles. The molecular weight excluding hydrogens is 186 g/mol. The van der Waals surface area contributed by atoms with Gasteiger partial charge >= 0.3 is 0 Å². The Labute approximate surface area is 91.5 Å². The van der Waals surface area contributed by atoms with Crippen LogP contribution in [-0.2, 0) is 6.42 Å². The second-order valence-corrected chi connectivity index (χ2v) is 4.32. The zero-order chi connectivity index (χ0) is 10.7. The van der Waals surface area contributed by atoms with Gasteiger partial charge in [0.2, 0.25) is 0 Å². The lowest BCUT2D eigenvalue weighted by molar-refractivity contribution is 0.299. The van der Waals surface area contributed by atoms with Gasteiger partial charge in [-0.2, -0.15) is 0 Å². The molecule has 0 atom stereocenters. The average molecular weight is 205 g/mol. The first-order valence-electron chi connectivity index (χ1n) is 5.78. The number of nitrogens with zero attached hydrogens (tertiary/aromatic N) is 1. The van der Waals surface area contributed by atoms with Crippen LogP contribution in [0.1, 0.15) is 18.9 Å². The Hall–Kier alpha value is -1.02. The number of aliphatic hydroxyl groups is 1. The molecule has 0 radical (unpaired) electrons. The molecule has 0 aromatic heterocycles. The summed E-state index contributed by atoms with van der Waals surface area (Å²) in [5.41, 5.74) is 2.54. The van der Waals surface area contributed by atoms with E-state index in [4.69, 9.17) is 5.11 Å². The quantitative estimate of drug-likeness (QED) is 0.813. The van der Waals surface area contributed by atoms with E-state index in [0.717, 1.165) is 12.3 Å². The van der Waals surface area contributed by atoms with Crippen LogP contribution in [0.5, 0.6) is 0 Å². The molecule has 1 aliphatic rings. The molecule has 1 N–H and O–H groups in total. The lowest BCUT2D eigenvalue weighted by atomic mass is 9.96. The van der Waals surface area contributed by atoms with E-state index in [0.29, 0.717) is 0 Å². The smallest absolute Gasteiger partial charge is 0.0471 e. The maximum Gasteiger partial charge on any atom is 0.0471 e. The first kappa shape index (κ1) is 10.5. The van der Waals surface area contributed by atoms with Gasteiger partial charge in [-0.05, 0) is 36.5 Å². The zero-order valence-electron chi connectivity index (χ0n) is 9.32. The number of benzene rings is 1. The van der Waals surface area contributed by atoms with Gasteiger partial charge in [0.1, 0.15) is 0 Å². The topological polar surface area (TPSA) is 23.5 Å². The molecule has 0 amide bonds. The van der Waals surface area contributed by atoms with Crippen molar-refractivity contribution in [2.24, 2.45) is 5.92 Å². The van der Waals surface area contributed by atoms with Gasteiger partial charge in [-0.1, -0.05) is 19.1 Å². The van der Waals surface area contributed by atoms with Crippen molar-refractivity contribution in [3.8, 4) is 0 Å². The van der Waals surface area contributed by atoms with Gasteiger partial charge in [-0.25, -0.2) is 0 Å². The molecule has 1 aliphatic heterocycles. The fourth-order valence-electron chi connectivity index (χ4n) is 2.04. The average Bonchev–Trinajstić information content (AvgIpc) is 2.19. The van der Waals surface area contributed by atoms with Crippen LogP contribution in [0.4, 0.5) is 5.69 Å². The van der Waals surface area contributed by atoms with E-state index in [1.54, 1.807) is 0 Å². The molecule has 1 heterocycles. The molecule has 1 aromatic carbocycles. The molecular formula is C13H19NO. The summed E-state index contributed by atoms with van der Waals surface area (Å²) in [6.45, 7) is 4.90. The number of aliphatic hydroxyl groups excluding tert-OH is 1. The lowest BCUT2D eigenvalue weighted by Gasteiger charge is -2.40. The van der Waals surface area contributed by atoms with Crippen molar-refractivity contribution in [3.63, 3.8) is 0 Å². The molecule has 0 bridgehead atoms. The van der Waals surface area contributed by atoms with Crippen LogP contribution in [-0.4, -0.2) is 24.8 Å². The molecule has 15 heavy (non-hydrogen) atoms. The van der Waals surface area contributed by atoms with Gasteiger partial charge < -0.3 is 10.0 Å². The monoisotopic (exact) mass is 205 g/mol. The highest BCUT2D eigenvalue weighted by atomic mass is 16.2. The van der Waals surface area contributed by atoms with Gasteiger partial charge in [0.05, 0.1) is 0 Å². The van der Waals surface area contributed by atoms with Crippen LogP contribution in [0, 0.1) is 5.92 Å². The van der Waals surface area contributed by atoms with Crippen LogP contribution in [0.25, 0.3) is 0 Å². The largest absolute Gasteiger partial charge is 0.396 e. The third-order valence-electron chi connectivity index (χ3n) is 3.24. The summed E-state index contributed by atoms with van der Waals surface area (Å²) in [5.74, 6) is 0.891. The summed E-state index contributed by atoms with van der Waals surface area (Å²) in [6, 6.07) is 8.56. The molecule has 1 aromatic rings. The highest BCUT2D eigenvalue weighted by Crippen LogP contribution is 2.26. The molecule has 0 saturated carbocycles. The van der Waals surface area contributed by atoms with Crippen LogP contribution in [0.15, 0.2) is 24.3 Å². The fraction of sp³-hybridized carbons (Fsp3) is 0.538. The number of anilines is 1. The van der Waals surface area contributed by atoms with Crippen molar-refractivity contribution < 1.29 is 5.11 Å². The second kappa shape index (κ2) is 4.67. The summed E-state index contributed by atoms with van der Waals surface area (Å²) in [7, 11) is 0. The maximum absolute atomic E-state index is 8.81. The number of hydrogen-bond donors (Lipinski definition) is 1. The molecule has 0 spiro atoms. The third-order valence-corrected chi connectivity index (χ3v) is 3.24. The van der Waals surface area contributed by atoms with Gasteiger partial charge in [-0.3, -0.25) is 0 Å². The first-order chi connectivity index (χ1) is 7.33. The van der Waals surface area contributed by atoms with Crippen molar-refractivity contribution in [1.82, 2.24) is 0 Å². The Morgan fingerprint density at radius 1 is 1.27 bits per heavy atom. The van der Waals surface area contributed by atoms with E-state index < -0.39 is 0 Å². The Morgan fingerprint density at radius 3 is 2.47 bits per heavy atom. The van der Waals surface area contributed by atoms with Gasteiger partial charge in [0.25, 0.3) is 0 Å². The Bertz CT molecular complexity index is 301. The maximum atomic E-state index is 8.81. The van der Waals surface area contributed by atoms with Crippen LogP contribution >= 0.6 is 0 Å². The molecule has 0 unspecified atom stereocenters. The van der Waals surface area contributed by atoms with E-state index in [1.165, 1.54) is 30.8 Å². The van der Waals surface area contributed by atoms with Crippen LogP contribution in [0.3, 0.4) is 0 Å². The third kappa shape index (κ3) is 2.32. The van der Waals surface area contributed by atoms with E-state index >= 15 is 0 Å². The van der Waals surface area contributed by atoms with Gasteiger partial charge in [0, 0.05) is 25.4 Å². The van der Waals surface area contributed by atoms with Crippen molar-refractivity contribution in [2.75, 3.05) is 24.6 Å². The van der Waals surface area contributed by atoms with E-state index in [1.807, 2.05) is 0 Å². The summed E-state index contributed by atoms with van der Waals surface area (Å²) in [4.78, 5) is 2.41. The zero-order valence-corrected chi connectivity index (χ0v) is 9.32. The summed E-state index contributed by atoms with van der Waals surface area (Å²) >= 11 is 0. The van der Waals surface area contributed by atoms with Gasteiger partial charge in [0.15, 0.2) is 0 Å². The van der Waals surface area contributed by atoms with Gasteiger partial charge in [-0.15, -0.1) is 0 Å². The molecule has 82 valence electrons. The minimum absolute atomic E-state index is 0.237.